The van der Waals surface area contributed by atoms with E-state index in [9.17, 15) is 9.59 Å². The van der Waals surface area contributed by atoms with Crippen molar-refractivity contribution >= 4 is 11.7 Å². The molecule has 1 unspecified atom stereocenters. The fourth-order valence-electron chi connectivity index (χ4n) is 1.94. The minimum absolute atomic E-state index is 0.0367. The second-order valence-electron chi connectivity index (χ2n) is 5.12. The Kier molecular flexibility index (Phi) is 5.30. The van der Waals surface area contributed by atoms with Crippen molar-refractivity contribution in [1.29, 1.82) is 0 Å². The maximum Gasteiger partial charge on any atom is 0.268 e. The SMILES string of the molecule is CC(=O)c1cc(C(=O)NC(CCO)C(C)C)n(C)c1. The van der Waals surface area contributed by atoms with Crippen LogP contribution in [0.5, 0.6) is 0 Å². The van der Waals surface area contributed by atoms with Gasteiger partial charge in [-0.25, -0.2) is 0 Å². The van der Waals surface area contributed by atoms with Crippen LogP contribution in [0.1, 0.15) is 48.0 Å². The molecule has 0 fully saturated rings. The number of nitrogens with one attached hydrogen (secondary N) is 1. The number of aliphatic hydroxyl groups excluding tert-OH is 1. The van der Waals surface area contributed by atoms with E-state index in [2.05, 4.69) is 5.32 Å². The Morgan fingerprint density at radius 2 is 2.05 bits per heavy atom. The Bertz CT molecular complexity index is 463. The number of aromatic nitrogens is 1. The van der Waals surface area contributed by atoms with Gasteiger partial charge >= 0.3 is 0 Å². The van der Waals surface area contributed by atoms with E-state index >= 15 is 0 Å². The molecule has 0 spiro atoms. The first-order valence-electron chi connectivity index (χ1n) is 6.45. The summed E-state index contributed by atoms with van der Waals surface area (Å²) >= 11 is 0. The highest BCUT2D eigenvalue weighted by molar-refractivity contribution is 5.99. The molecule has 0 radical (unpaired) electrons. The average molecular weight is 266 g/mol. The van der Waals surface area contributed by atoms with Crippen molar-refractivity contribution < 1.29 is 14.7 Å². The van der Waals surface area contributed by atoms with Crippen molar-refractivity contribution in [2.45, 2.75) is 33.2 Å². The Morgan fingerprint density at radius 1 is 1.42 bits per heavy atom. The molecule has 0 aliphatic rings. The molecule has 2 N–H and O–H groups in total. The number of amides is 1. The van der Waals surface area contributed by atoms with Crippen LogP contribution in [-0.2, 0) is 7.05 Å². The predicted molar refractivity (Wildman–Crippen MR) is 73.2 cm³/mol. The first kappa shape index (κ1) is 15.4. The smallest absolute Gasteiger partial charge is 0.268 e. The summed E-state index contributed by atoms with van der Waals surface area (Å²) in [5.41, 5.74) is 0.977. The van der Waals surface area contributed by atoms with Gasteiger partial charge < -0.3 is 15.0 Å². The second-order valence-corrected chi connectivity index (χ2v) is 5.12. The number of carbonyl (C=O) groups is 2. The lowest BCUT2D eigenvalue weighted by molar-refractivity contribution is 0.0908. The molecule has 0 aliphatic heterocycles. The first-order chi connectivity index (χ1) is 8.86. The van der Waals surface area contributed by atoms with Gasteiger partial charge in [-0.15, -0.1) is 0 Å². The number of rotatable bonds is 6. The maximum absolute atomic E-state index is 12.2. The van der Waals surface area contributed by atoms with Crippen LogP contribution < -0.4 is 5.32 Å². The molecule has 1 atom stereocenters. The lowest BCUT2D eigenvalue weighted by atomic mass is 10.0. The van der Waals surface area contributed by atoms with E-state index in [1.807, 2.05) is 13.8 Å². The topological polar surface area (TPSA) is 71.3 Å². The molecular weight excluding hydrogens is 244 g/mol. The Morgan fingerprint density at radius 3 is 2.47 bits per heavy atom. The summed E-state index contributed by atoms with van der Waals surface area (Å²) in [6, 6.07) is 1.52. The van der Waals surface area contributed by atoms with Gasteiger partial charge in [-0.3, -0.25) is 9.59 Å². The van der Waals surface area contributed by atoms with E-state index in [0.29, 0.717) is 17.7 Å². The van der Waals surface area contributed by atoms with Crippen molar-refractivity contribution in [2.24, 2.45) is 13.0 Å². The molecule has 106 valence electrons. The number of carbonyl (C=O) groups excluding carboxylic acids is 2. The van der Waals surface area contributed by atoms with Crippen LogP contribution >= 0.6 is 0 Å². The zero-order chi connectivity index (χ0) is 14.6. The van der Waals surface area contributed by atoms with Gasteiger partial charge in [-0.1, -0.05) is 13.8 Å². The quantitative estimate of drug-likeness (QED) is 0.764. The molecule has 0 aromatic carbocycles. The van der Waals surface area contributed by atoms with Gasteiger partial charge in [0.1, 0.15) is 5.69 Å². The Labute approximate surface area is 113 Å². The number of nitrogens with zero attached hydrogens (tertiary/aromatic N) is 1. The predicted octanol–water partition coefficient (Wildman–Crippen LogP) is 1.36. The van der Waals surface area contributed by atoms with Crippen LogP contribution in [-0.4, -0.2) is 34.0 Å². The molecule has 0 aliphatic carbocycles. The van der Waals surface area contributed by atoms with E-state index in [1.54, 1.807) is 23.9 Å². The van der Waals surface area contributed by atoms with Crippen LogP contribution in [0.15, 0.2) is 12.3 Å². The third-order valence-corrected chi connectivity index (χ3v) is 3.21. The molecule has 5 nitrogen and oxygen atoms in total. The van der Waals surface area contributed by atoms with Gasteiger partial charge in [0, 0.05) is 31.5 Å². The number of hydrogen-bond acceptors (Lipinski definition) is 3. The minimum atomic E-state index is -0.220. The van der Waals surface area contributed by atoms with E-state index in [0.717, 1.165) is 0 Å². The standard InChI is InChI=1S/C14H22N2O3/c1-9(2)12(5-6-17)15-14(19)13-7-11(10(3)18)8-16(13)4/h7-9,12,17H,5-6H2,1-4H3,(H,15,19). The summed E-state index contributed by atoms with van der Waals surface area (Å²) in [5, 5.41) is 11.9. The van der Waals surface area contributed by atoms with Crippen LogP contribution in [0.25, 0.3) is 0 Å². The number of ketones is 1. The highest BCUT2D eigenvalue weighted by atomic mass is 16.3. The van der Waals surface area contributed by atoms with Crippen LogP contribution in [0, 0.1) is 5.92 Å². The third-order valence-electron chi connectivity index (χ3n) is 3.21. The highest BCUT2D eigenvalue weighted by Crippen LogP contribution is 2.11. The van der Waals surface area contributed by atoms with Gasteiger partial charge in [0.05, 0.1) is 0 Å². The van der Waals surface area contributed by atoms with Gasteiger partial charge in [0.25, 0.3) is 5.91 Å². The highest BCUT2D eigenvalue weighted by Gasteiger charge is 2.19. The maximum atomic E-state index is 12.2. The summed E-state index contributed by atoms with van der Waals surface area (Å²) in [7, 11) is 1.73. The monoisotopic (exact) mass is 266 g/mol. The van der Waals surface area contributed by atoms with E-state index < -0.39 is 0 Å². The van der Waals surface area contributed by atoms with Gasteiger partial charge in [0.2, 0.25) is 0 Å². The Hall–Kier alpha value is -1.62. The average Bonchev–Trinajstić information content (AvgIpc) is 2.70. The number of aryl methyl sites for hydroxylation is 1. The minimum Gasteiger partial charge on any atom is -0.396 e. The molecule has 1 aromatic rings. The summed E-state index contributed by atoms with van der Waals surface area (Å²) in [4.78, 5) is 23.5. The number of aliphatic hydroxyl groups is 1. The van der Waals surface area contributed by atoms with Crippen molar-refractivity contribution in [3.05, 3.63) is 23.5 Å². The lowest BCUT2D eigenvalue weighted by Crippen LogP contribution is -2.39. The molecule has 1 aromatic heterocycles. The first-order valence-corrected chi connectivity index (χ1v) is 6.45. The molecule has 0 saturated heterocycles. The summed E-state index contributed by atoms with van der Waals surface area (Å²) in [6.07, 6.45) is 2.17. The lowest BCUT2D eigenvalue weighted by Gasteiger charge is -2.21. The largest absolute Gasteiger partial charge is 0.396 e. The normalized spacial score (nSPS) is 12.5. The number of hydrogen-bond donors (Lipinski definition) is 2. The van der Waals surface area contributed by atoms with Crippen LogP contribution in [0.2, 0.25) is 0 Å². The molecule has 5 heteroatoms. The Balaban J connectivity index is 2.85. The fraction of sp³-hybridized carbons (Fsp3) is 0.571. The fourth-order valence-corrected chi connectivity index (χ4v) is 1.94. The van der Waals surface area contributed by atoms with Gasteiger partial charge in [0.15, 0.2) is 5.78 Å². The van der Waals surface area contributed by atoms with Crippen LogP contribution in [0.4, 0.5) is 0 Å². The molecule has 1 rings (SSSR count). The molecule has 0 bridgehead atoms. The van der Waals surface area contributed by atoms with Gasteiger partial charge in [-0.05, 0) is 25.3 Å². The molecule has 0 saturated carbocycles. The molecular formula is C14H22N2O3. The van der Waals surface area contributed by atoms with Crippen LogP contribution in [0.3, 0.4) is 0 Å². The van der Waals surface area contributed by atoms with E-state index in [4.69, 9.17) is 5.11 Å². The zero-order valence-electron chi connectivity index (χ0n) is 11.9. The van der Waals surface area contributed by atoms with Gasteiger partial charge in [-0.2, -0.15) is 0 Å². The zero-order valence-corrected chi connectivity index (χ0v) is 11.9. The van der Waals surface area contributed by atoms with E-state index in [-0.39, 0.29) is 30.3 Å². The summed E-state index contributed by atoms with van der Waals surface area (Å²) in [5.74, 6) is -0.0452. The second kappa shape index (κ2) is 6.52. The van der Waals surface area contributed by atoms with E-state index in [1.165, 1.54) is 6.92 Å². The van der Waals surface area contributed by atoms with Crippen molar-refractivity contribution in [3.8, 4) is 0 Å². The summed E-state index contributed by atoms with van der Waals surface area (Å²) < 4.78 is 1.64. The van der Waals surface area contributed by atoms with Crippen molar-refractivity contribution in [1.82, 2.24) is 9.88 Å². The van der Waals surface area contributed by atoms with Crippen molar-refractivity contribution in [2.75, 3.05) is 6.61 Å². The number of Topliss-reactive ketones (excluding diaryl/α,β-unsaturated/α-hetero) is 1. The summed E-state index contributed by atoms with van der Waals surface area (Å²) in [6.45, 7) is 5.49. The van der Waals surface area contributed by atoms with Crippen molar-refractivity contribution in [3.63, 3.8) is 0 Å². The molecule has 1 heterocycles. The third kappa shape index (κ3) is 3.92. The molecule has 19 heavy (non-hydrogen) atoms. The molecule has 1 amide bonds.